The summed E-state index contributed by atoms with van der Waals surface area (Å²) in [6.45, 7) is 1.83. The molecule has 0 saturated carbocycles. The van der Waals surface area contributed by atoms with E-state index in [0.29, 0.717) is 10.9 Å². The number of carboxylic acid groups (broad SMARTS) is 1. The maximum Gasteiger partial charge on any atom is 0.310 e. The lowest BCUT2D eigenvalue weighted by Gasteiger charge is -2.33. The highest BCUT2D eigenvalue weighted by atomic mass is 16.7. The van der Waals surface area contributed by atoms with Crippen LogP contribution in [-0.4, -0.2) is 60.1 Å². The maximum absolute atomic E-state index is 11.3. The number of aliphatic hydroxyl groups is 1. The van der Waals surface area contributed by atoms with E-state index < -0.39 is 24.1 Å². The minimum atomic E-state index is -1.95. The number of carbonyl (C=O) groups excluding carboxylic acids is 1. The number of rotatable bonds is 7. The summed E-state index contributed by atoms with van der Waals surface area (Å²) in [6, 6.07) is 0. The number of carbonyl (C=O) groups is 2. The molecule has 0 amide bonds. The Labute approximate surface area is 101 Å². The Balaban J connectivity index is 4.72. The number of carboxylic acids is 1. The molecule has 0 spiro atoms. The SMILES string of the molecule is CCCC(=O)O[C@](O)(CC(=O)O)C[N+](C)(C)C. The van der Waals surface area contributed by atoms with Crippen LogP contribution in [-0.2, 0) is 14.3 Å². The molecule has 0 radical (unpaired) electrons. The van der Waals surface area contributed by atoms with Gasteiger partial charge in [0, 0.05) is 6.42 Å². The molecule has 2 N–H and O–H groups in total. The van der Waals surface area contributed by atoms with Crippen molar-refractivity contribution in [1.82, 2.24) is 0 Å². The van der Waals surface area contributed by atoms with Crippen LogP contribution in [0, 0.1) is 0 Å². The third-order valence-electron chi connectivity index (χ3n) is 1.91. The lowest BCUT2D eigenvalue weighted by molar-refractivity contribution is -0.880. The van der Waals surface area contributed by atoms with Gasteiger partial charge in [0.2, 0.25) is 0 Å². The Morgan fingerprint density at radius 2 is 1.82 bits per heavy atom. The summed E-state index contributed by atoms with van der Waals surface area (Å²) >= 11 is 0. The molecule has 100 valence electrons. The van der Waals surface area contributed by atoms with Gasteiger partial charge in [-0.3, -0.25) is 9.59 Å². The molecule has 17 heavy (non-hydrogen) atoms. The normalized spacial score (nSPS) is 15.1. The van der Waals surface area contributed by atoms with Crippen LogP contribution in [0.2, 0.25) is 0 Å². The first-order chi connectivity index (χ1) is 7.58. The highest BCUT2D eigenvalue weighted by Gasteiger charge is 2.39. The second kappa shape index (κ2) is 5.97. The predicted octanol–water partition coefficient (Wildman–Crippen LogP) is 0.199. The molecule has 6 nitrogen and oxygen atoms in total. The maximum atomic E-state index is 11.3. The fourth-order valence-electron chi connectivity index (χ4n) is 1.57. The van der Waals surface area contributed by atoms with Gasteiger partial charge >= 0.3 is 11.9 Å². The summed E-state index contributed by atoms with van der Waals surface area (Å²) in [5.74, 6) is -3.73. The molecule has 0 aliphatic heterocycles. The van der Waals surface area contributed by atoms with Crippen molar-refractivity contribution in [3.63, 3.8) is 0 Å². The first kappa shape index (κ1) is 15.9. The Hall–Kier alpha value is -1.14. The molecule has 0 fully saturated rings. The van der Waals surface area contributed by atoms with Crippen LogP contribution in [0.25, 0.3) is 0 Å². The molecule has 0 rings (SSSR count). The molecule has 0 unspecified atom stereocenters. The van der Waals surface area contributed by atoms with E-state index in [1.807, 2.05) is 0 Å². The minimum absolute atomic E-state index is 0.0226. The first-order valence-corrected chi connectivity index (χ1v) is 5.54. The number of hydrogen-bond donors (Lipinski definition) is 2. The summed E-state index contributed by atoms with van der Waals surface area (Å²) in [5, 5.41) is 18.8. The van der Waals surface area contributed by atoms with Crippen LogP contribution in [0.4, 0.5) is 0 Å². The number of nitrogens with zero attached hydrogens (tertiary/aromatic N) is 1. The molecular formula is C11H22NO5+. The van der Waals surface area contributed by atoms with Crippen molar-refractivity contribution in [1.29, 1.82) is 0 Å². The van der Waals surface area contributed by atoms with E-state index in [1.54, 1.807) is 28.1 Å². The van der Waals surface area contributed by atoms with E-state index in [1.165, 1.54) is 0 Å². The summed E-state index contributed by atoms with van der Waals surface area (Å²) < 4.78 is 5.18. The van der Waals surface area contributed by atoms with Crippen LogP contribution < -0.4 is 0 Å². The molecule has 0 aromatic heterocycles. The van der Waals surface area contributed by atoms with Crippen molar-refractivity contribution < 1.29 is 29.0 Å². The number of hydrogen-bond acceptors (Lipinski definition) is 4. The highest BCUT2D eigenvalue weighted by molar-refractivity contribution is 5.72. The van der Waals surface area contributed by atoms with Crippen LogP contribution in [0.15, 0.2) is 0 Å². The molecular weight excluding hydrogens is 226 g/mol. The quantitative estimate of drug-likeness (QED) is 0.382. The van der Waals surface area contributed by atoms with E-state index >= 15 is 0 Å². The zero-order valence-corrected chi connectivity index (χ0v) is 10.9. The van der Waals surface area contributed by atoms with Gasteiger partial charge in [-0.2, -0.15) is 0 Å². The molecule has 0 aliphatic carbocycles. The Morgan fingerprint density at radius 3 is 2.18 bits per heavy atom. The van der Waals surface area contributed by atoms with Crippen molar-refractivity contribution >= 4 is 11.9 Å². The number of esters is 1. The summed E-state index contributed by atoms with van der Waals surface area (Å²) in [7, 11) is 5.33. The molecule has 0 aromatic carbocycles. The molecule has 0 saturated heterocycles. The third kappa shape index (κ3) is 7.70. The zero-order valence-electron chi connectivity index (χ0n) is 10.9. The van der Waals surface area contributed by atoms with Crippen molar-refractivity contribution in [3.05, 3.63) is 0 Å². The van der Waals surface area contributed by atoms with Gasteiger partial charge in [0.15, 0.2) is 0 Å². The molecule has 6 heteroatoms. The second-order valence-electron chi connectivity index (χ2n) is 5.19. The fourth-order valence-corrected chi connectivity index (χ4v) is 1.57. The van der Waals surface area contributed by atoms with Gasteiger partial charge in [-0.25, -0.2) is 0 Å². The number of likely N-dealkylation sites (N-methyl/N-ethyl adjacent to an activating group) is 1. The predicted molar refractivity (Wildman–Crippen MR) is 61.1 cm³/mol. The van der Waals surface area contributed by atoms with Gasteiger partial charge in [0.25, 0.3) is 5.79 Å². The second-order valence-corrected chi connectivity index (χ2v) is 5.19. The van der Waals surface area contributed by atoms with Gasteiger partial charge in [-0.15, -0.1) is 0 Å². The van der Waals surface area contributed by atoms with Crippen molar-refractivity contribution in [2.24, 2.45) is 0 Å². The molecule has 0 aromatic rings. The fraction of sp³-hybridized carbons (Fsp3) is 0.818. The largest absolute Gasteiger partial charge is 0.481 e. The van der Waals surface area contributed by atoms with Crippen LogP contribution in [0.1, 0.15) is 26.2 Å². The standard InChI is InChI=1S/C11H21NO5/c1-5-6-10(15)17-11(16,7-9(13)14)8-12(2,3)4/h16H,5-8H2,1-4H3/p+1/t11-/m1/s1. The first-order valence-electron chi connectivity index (χ1n) is 5.54. The van der Waals surface area contributed by atoms with Crippen LogP contribution in [0.5, 0.6) is 0 Å². The molecule has 1 atom stereocenters. The van der Waals surface area contributed by atoms with Crippen molar-refractivity contribution in [3.8, 4) is 0 Å². The van der Waals surface area contributed by atoms with Gasteiger partial charge in [-0.05, 0) is 6.42 Å². The third-order valence-corrected chi connectivity index (χ3v) is 1.91. The lowest BCUT2D eigenvalue weighted by Crippen LogP contribution is -2.52. The number of ether oxygens (including phenoxy) is 1. The van der Waals surface area contributed by atoms with Gasteiger partial charge in [-0.1, -0.05) is 6.92 Å². The Kier molecular flexibility index (Phi) is 5.57. The number of aliphatic carboxylic acids is 1. The van der Waals surface area contributed by atoms with Crippen molar-refractivity contribution in [2.75, 3.05) is 27.7 Å². The molecule has 0 aliphatic rings. The van der Waals surface area contributed by atoms with E-state index in [2.05, 4.69) is 0 Å². The van der Waals surface area contributed by atoms with Gasteiger partial charge in [0.1, 0.15) is 13.0 Å². The van der Waals surface area contributed by atoms with Gasteiger partial charge < -0.3 is 19.4 Å². The summed E-state index contributed by atoms with van der Waals surface area (Å²) in [4.78, 5) is 22.0. The highest BCUT2D eigenvalue weighted by Crippen LogP contribution is 2.17. The molecule has 0 heterocycles. The van der Waals surface area contributed by atoms with E-state index in [9.17, 15) is 14.7 Å². The summed E-state index contributed by atoms with van der Waals surface area (Å²) in [5.41, 5.74) is 0. The smallest absolute Gasteiger partial charge is 0.310 e. The zero-order chi connectivity index (χ0) is 13.7. The average Bonchev–Trinajstić information content (AvgIpc) is 1.95. The van der Waals surface area contributed by atoms with E-state index in [0.717, 1.165) is 0 Å². The molecule has 0 bridgehead atoms. The number of quaternary nitrogens is 1. The van der Waals surface area contributed by atoms with Gasteiger partial charge in [0.05, 0.1) is 21.1 Å². The van der Waals surface area contributed by atoms with E-state index in [4.69, 9.17) is 9.84 Å². The Bertz CT molecular complexity index is 284. The average molecular weight is 248 g/mol. The minimum Gasteiger partial charge on any atom is -0.481 e. The monoisotopic (exact) mass is 248 g/mol. The Morgan fingerprint density at radius 1 is 1.29 bits per heavy atom. The topological polar surface area (TPSA) is 83.8 Å². The van der Waals surface area contributed by atoms with Crippen molar-refractivity contribution in [2.45, 2.75) is 32.0 Å². The lowest BCUT2D eigenvalue weighted by atomic mass is 10.1. The van der Waals surface area contributed by atoms with E-state index in [-0.39, 0.29) is 13.0 Å². The summed E-state index contributed by atoms with van der Waals surface area (Å²) in [6.07, 6.45) is 0.142. The van der Waals surface area contributed by atoms with Crippen LogP contribution in [0.3, 0.4) is 0 Å². The van der Waals surface area contributed by atoms with Crippen LogP contribution >= 0.6 is 0 Å².